The molecule has 0 aliphatic heterocycles. The van der Waals surface area contributed by atoms with Gasteiger partial charge >= 0.3 is 12.0 Å². The number of ether oxygens (including phenoxy) is 1. The fraction of sp³-hybridized carbons (Fsp3) is 0.429. The molecule has 0 fully saturated rings. The largest absolute Gasteiger partial charge is 0.448 e. The number of nitrogens with one attached hydrogen (secondary N) is 1. The van der Waals surface area contributed by atoms with Crippen molar-refractivity contribution in [3.63, 3.8) is 0 Å². The number of anilines is 1. The van der Waals surface area contributed by atoms with Gasteiger partial charge in [0.15, 0.2) is 0 Å². The molecule has 2 nitrogen and oxygen atoms in total. The molecule has 0 bridgehead atoms. The molecule has 7 heteroatoms. The summed E-state index contributed by atoms with van der Waals surface area (Å²) < 4.78 is 54.3. The van der Waals surface area contributed by atoms with E-state index in [-0.39, 0.29) is 0 Å². The zero-order valence-corrected chi connectivity index (χ0v) is 13.2. The van der Waals surface area contributed by atoms with Crippen LogP contribution >= 0.6 is 0 Å². The van der Waals surface area contributed by atoms with Crippen LogP contribution in [0.2, 0.25) is 13.1 Å². The molecule has 0 aliphatic carbocycles. The van der Waals surface area contributed by atoms with Crippen LogP contribution in [0.5, 0.6) is 0 Å². The highest BCUT2D eigenvalue weighted by molar-refractivity contribution is 6.93. The number of alkyl halides is 4. The molecule has 1 atom stereocenters. The Morgan fingerprint density at radius 3 is 2.43 bits per heavy atom. The Kier molecular flexibility index (Phi) is 5.22. The Hall–Kier alpha value is -1.34. The Morgan fingerprint density at radius 1 is 1.29 bits per heavy atom. The molecule has 0 amide bonds. The van der Waals surface area contributed by atoms with E-state index in [2.05, 4.69) is 29.7 Å². The quantitative estimate of drug-likeness (QED) is 0.486. The molecule has 0 saturated carbocycles. The molecule has 1 rings (SSSR count). The molecular weight excluding hydrogens is 302 g/mol. The maximum absolute atomic E-state index is 13.2. The summed E-state index contributed by atoms with van der Waals surface area (Å²) in [5, 5.41) is 3.71. The van der Waals surface area contributed by atoms with Gasteiger partial charge in [-0.1, -0.05) is 36.1 Å². The average molecular weight is 321 g/mol. The lowest BCUT2D eigenvalue weighted by Gasteiger charge is -2.24. The second-order valence-electron chi connectivity index (χ2n) is 5.39. The van der Waals surface area contributed by atoms with Crippen molar-refractivity contribution in [1.29, 1.82) is 0 Å². The molecule has 1 N–H and O–H groups in total. The molecule has 0 spiro atoms. The smallest absolute Gasteiger partial charge is 0.363 e. The van der Waals surface area contributed by atoms with Crippen LogP contribution in [0.15, 0.2) is 36.5 Å². The molecule has 21 heavy (non-hydrogen) atoms. The van der Waals surface area contributed by atoms with Crippen LogP contribution in [-0.4, -0.2) is 26.8 Å². The number of hydrogen-bond donors (Lipinski definition) is 1. The number of rotatable bonds is 6. The van der Waals surface area contributed by atoms with Gasteiger partial charge in [-0.25, -0.2) is 4.39 Å². The first-order chi connectivity index (χ1) is 9.49. The Balaban J connectivity index is 2.70. The predicted molar refractivity (Wildman–Crippen MR) is 78.9 cm³/mol. The maximum atomic E-state index is 13.2. The van der Waals surface area contributed by atoms with E-state index >= 15 is 0 Å². The highest BCUT2D eigenvalue weighted by atomic mass is 28.3. The number of benzene rings is 1. The molecule has 1 aromatic carbocycles. The van der Waals surface area contributed by atoms with Crippen LogP contribution in [0.1, 0.15) is 6.92 Å². The van der Waals surface area contributed by atoms with E-state index in [1.54, 1.807) is 12.1 Å². The lowest BCUT2D eigenvalue weighted by Crippen LogP contribution is -2.41. The summed E-state index contributed by atoms with van der Waals surface area (Å²) in [6, 6.07) is 7.23. The highest BCUT2D eigenvalue weighted by Crippen LogP contribution is 2.34. The average Bonchev–Trinajstić information content (AvgIpc) is 2.37. The number of hydrogen-bond acceptors (Lipinski definition) is 2. The van der Waals surface area contributed by atoms with Gasteiger partial charge in [-0.15, -0.1) is 6.58 Å². The monoisotopic (exact) mass is 321 g/mol. The van der Waals surface area contributed by atoms with Gasteiger partial charge in [0.25, 0.3) is 0 Å². The van der Waals surface area contributed by atoms with Crippen molar-refractivity contribution in [1.82, 2.24) is 0 Å². The molecule has 1 aromatic rings. The van der Waals surface area contributed by atoms with E-state index in [0.717, 1.165) is 5.19 Å². The van der Waals surface area contributed by atoms with Gasteiger partial charge in [0.1, 0.15) is 14.8 Å². The summed E-state index contributed by atoms with van der Waals surface area (Å²) in [6.07, 6.45) is -5.06. The van der Waals surface area contributed by atoms with E-state index < -0.39 is 26.8 Å². The topological polar surface area (TPSA) is 21.3 Å². The molecule has 0 aromatic heterocycles. The summed E-state index contributed by atoms with van der Waals surface area (Å²) in [4.78, 5) is 0. The fourth-order valence-electron chi connectivity index (χ4n) is 1.48. The van der Waals surface area contributed by atoms with Crippen LogP contribution < -0.4 is 10.5 Å². The molecule has 0 saturated heterocycles. The van der Waals surface area contributed by atoms with E-state index in [9.17, 15) is 17.6 Å². The van der Waals surface area contributed by atoms with Gasteiger partial charge in [0, 0.05) is 12.6 Å². The second-order valence-corrected chi connectivity index (χ2v) is 9.82. The van der Waals surface area contributed by atoms with Crippen molar-refractivity contribution in [3.05, 3.63) is 36.5 Å². The molecule has 0 aliphatic rings. The SMILES string of the molecule is C=C[Si](C)(C)c1cccc(NCOC(C)(F)C(F)(F)F)c1. The summed E-state index contributed by atoms with van der Waals surface area (Å²) in [5.41, 5.74) is 2.48. The molecular formula is C14H19F4NOSi. The minimum atomic E-state index is -5.06. The fourth-order valence-corrected chi connectivity index (χ4v) is 2.77. The van der Waals surface area contributed by atoms with E-state index in [0.29, 0.717) is 12.6 Å². The van der Waals surface area contributed by atoms with Crippen LogP contribution in [0.4, 0.5) is 23.2 Å². The molecule has 0 heterocycles. The van der Waals surface area contributed by atoms with E-state index in [1.807, 2.05) is 17.8 Å². The predicted octanol–water partition coefficient (Wildman–Crippen LogP) is 3.96. The normalized spacial score (nSPS) is 15.4. The minimum Gasteiger partial charge on any atom is -0.363 e. The Bertz CT molecular complexity index is 500. The van der Waals surface area contributed by atoms with Gasteiger partial charge in [0.05, 0.1) is 0 Å². The summed E-state index contributed by atoms with van der Waals surface area (Å²) in [6.45, 7) is 7.76. The highest BCUT2D eigenvalue weighted by Gasteiger charge is 2.53. The Labute approximate surface area is 122 Å². The van der Waals surface area contributed by atoms with Gasteiger partial charge in [-0.2, -0.15) is 13.2 Å². The van der Waals surface area contributed by atoms with Crippen molar-refractivity contribution in [2.45, 2.75) is 32.0 Å². The van der Waals surface area contributed by atoms with E-state index in [1.165, 1.54) is 0 Å². The minimum absolute atomic E-state index is 0.346. The van der Waals surface area contributed by atoms with Gasteiger partial charge in [-0.05, 0) is 12.1 Å². The third-order valence-corrected chi connectivity index (χ3v) is 6.06. The zero-order valence-electron chi connectivity index (χ0n) is 12.2. The van der Waals surface area contributed by atoms with Gasteiger partial charge < -0.3 is 10.1 Å². The van der Waals surface area contributed by atoms with Crippen molar-refractivity contribution in [2.24, 2.45) is 0 Å². The summed E-state index contributed by atoms with van der Waals surface area (Å²) in [5.74, 6) is -3.67. The van der Waals surface area contributed by atoms with Crippen molar-refractivity contribution in [2.75, 3.05) is 12.0 Å². The Morgan fingerprint density at radius 2 is 1.90 bits per heavy atom. The third kappa shape index (κ3) is 4.57. The van der Waals surface area contributed by atoms with Crippen LogP contribution in [0.25, 0.3) is 0 Å². The first-order valence-corrected chi connectivity index (χ1v) is 9.45. The lowest BCUT2D eigenvalue weighted by atomic mass is 10.3. The van der Waals surface area contributed by atoms with Crippen LogP contribution in [0, 0.1) is 0 Å². The van der Waals surface area contributed by atoms with Gasteiger partial charge in [0.2, 0.25) is 0 Å². The summed E-state index contributed by atoms with van der Waals surface area (Å²) in [7, 11) is -1.76. The number of halogens is 4. The molecule has 118 valence electrons. The zero-order chi connectivity index (χ0) is 16.3. The van der Waals surface area contributed by atoms with Gasteiger partial charge in [-0.3, -0.25) is 0 Å². The standard InChI is InChI=1S/C14H19F4NOSi/c1-5-21(3,4)12-8-6-7-11(9-12)19-10-20-13(2,15)14(16,17)18/h5-9,19H,1,10H2,2-4H3. The third-order valence-electron chi connectivity index (χ3n) is 3.24. The lowest BCUT2D eigenvalue weighted by molar-refractivity contribution is -0.322. The van der Waals surface area contributed by atoms with Crippen molar-refractivity contribution < 1.29 is 22.3 Å². The first kappa shape index (κ1) is 17.7. The molecule has 1 unspecified atom stereocenters. The van der Waals surface area contributed by atoms with Crippen molar-refractivity contribution >= 4 is 18.9 Å². The first-order valence-electron chi connectivity index (χ1n) is 6.37. The van der Waals surface area contributed by atoms with Crippen molar-refractivity contribution in [3.8, 4) is 0 Å². The van der Waals surface area contributed by atoms with Crippen LogP contribution in [-0.2, 0) is 4.74 Å². The summed E-state index contributed by atoms with van der Waals surface area (Å²) >= 11 is 0. The second kappa shape index (κ2) is 6.19. The maximum Gasteiger partial charge on any atom is 0.448 e. The van der Waals surface area contributed by atoms with Crippen LogP contribution in [0.3, 0.4) is 0 Å². The molecule has 0 radical (unpaired) electrons. The van der Waals surface area contributed by atoms with E-state index in [4.69, 9.17) is 0 Å².